The summed E-state index contributed by atoms with van der Waals surface area (Å²) in [4.78, 5) is 15.8. The Kier molecular flexibility index (Phi) is 7.34. The normalized spacial score (nSPS) is 17.4. The summed E-state index contributed by atoms with van der Waals surface area (Å²) in [5.74, 6) is 0. The number of unbranched alkanes of at least 4 members (excludes halogenated alkanes) is 2. The topological polar surface area (TPSA) is 53.7 Å². The van der Waals surface area contributed by atoms with Gasteiger partial charge in [0.1, 0.15) is 21.2 Å². The molecule has 3 aliphatic heterocycles. The van der Waals surface area contributed by atoms with Crippen molar-refractivity contribution in [1.29, 1.82) is 0 Å². The number of carbonyl (C=O) groups excluding carboxylic acids is 1. The van der Waals surface area contributed by atoms with E-state index in [0.717, 1.165) is 51.7 Å². The van der Waals surface area contributed by atoms with Crippen molar-refractivity contribution in [2.24, 2.45) is 4.99 Å². The number of ether oxygens (including phenoxy) is 1. The molecule has 0 spiro atoms. The largest absolute Gasteiger partial charge is 0.468 e. The average Bonchev–Trinajstić information content (AvgIpc) is 2.86. The van der Waals surface area contributed by atoms with Crippen molar-refractivity contribution in [2.75, 3.05) is 31.6 Å². The molecule has 5 rings (SSSR count). The molecule has 0 saturated heterocycles. The molecule has 3 heterocycles. The summed E-state index contributed by atoms with van der Waals surface area (Å²) < 4.78 is 7.49. The summed E-state index contributed by atoms with van der Waals surface area (Å²) in [6.45, 7) is 14.2. The zero-order valence-electron chi connectivity index (χ0n) is 22.5. The van der Waals surface area contributed by atoms with Gasteiger partial charge in [-0.25, -0.2) is 9.57 Å². The van der Waals surface area contributed by atoms with Gasteiger partial charge in [0, 0.05) is 36.7 Å². The van der Waals surface area contributed by atoms with Crippen LogP contribution in [0, 0.1) is 0 Å². The van der Waals surface area contributed by atoms with Crippen molar-refractivity contribution < 1.29 is 9.53 Å². The Bertz CT molecular complexity index is 1260. The second-order valence-electron chi connectivity index (χ2n) is 11.5. The Balaban J connectivity index is 1.64. The van der Waals surface area contributed by atoms with Crippen LogP contribution in [0.4, 0.5) is 11.4 Å². The van der Waals surface area contributed by atoms with Gasteiger partial charge in [0.25, 0.3) is 6.47 Å². The van der Waals surface area contributed by atoms with Crippen LogP contribution in [-0.4, -0.2) is 40.8 Å². The highest BCUT2D eigenvalue weighted by Gasteiger charge is 2.48. The summed E-state index contributed by atoms with van der Waals surface area (Å²) in [6.07, 6.45) is 7.84. The van der Waals surface area contributed by atoms with E-state index in [1.807, 2.05) is 0 Å². The molecule has 0 unspecified atom stereocenters. The van der Waals surface area contributed by atoms with Crippen molar-refractivity contribution in [1.82, 2.24) is 4.58 Å². The van der Waals surface area contributed by atoms with E-state index in [4.69, 9.17) is 9.73 Å². The summed E-state index contributed by atoms with van der Waals surface area (Å²) in [7, 11) is -2.09. The molecule has 36 heavy (non-hydrogen) atoms. The monoisotopic (exact) mass is 504 g/mol. The van der Waals surface area contributed by atoms with Gasteiger partial charge in [0.2, 0.25) is 5.36 Å². The van der Waals surface area contributed by atoms with Gasteiger partial charge in [-0.3, -0.25) is 4.79 Å². The quantitative estimate of drug-likeness (QED) is 0.246. The number of fused-ring (bicyclic) bond motifs is 4. The second kappa shape index (κ2) is 10.5. The number of nitrogens with one attached hydrogen (secondary N) is 1. The summed E-state index contributed by atoms with van der Waals surface area (Å²) in [5.41, 5.74) is 6.65. The zero-order chi connectivity index (χ0) is 25.3. The minimum atomic E-state index is -2.09. The van der Waals surface area contributed by atoms with Crippen LogP contribution in [0.3, 0.4) is 0 Å². The van der Waals surface area contributed by atoms with Crippen LogP contribution >= 0.6 is 0 Å². The molecule has 6 heteroatoms. The minimum Gasteiger partial charge on any atom is -0.468 e. The Morgan fingerprint density at radius 3 is 2.58 bits per heavy atom. The lowest BCUT2D eigenvalue weighted by molar-refractivity contribution is -0.128. The van der Waals surface area contributed by atoms with Gasteiger partial charge in [-0.15, -0.1) is 0 Å². The van der Waals surface area contributed by atoms with E-state index in [2.05, 4.69) is 61.9 Å². The maximum atomic E-state index is 10.4. The highest BCUT2D eigenvalue weighted by atomic mass is 28.3. The second-order valence-corrected chi connectivity index (χ2v) is 16.6. The number of aryl methyl sites for hydroxylation is 2. The first-order chi connectivity index (χ1) is 17.5. The van der Waals surface area contributed by atoms with E-state index in [1.54, 1.807) is 5.19 Å². The highest BCUT2D eigenvalue weighted by Crippen LogP contribution is 2.37. The summed E-state index contributed by atoms with van der Waals surface area (Å²) in [5, 5.41) is 9.45. The predicted octanol–water partition coefficient (Wildman–Crippen LogP) is 3.47. The molecular weight excluding hydrogens is 462 g/mol. The van der Waals surface area contributed by atoms with E-state index in [9.17, 15) is 4.79 Å². The van der Waals surface area contributed by atoms with Crippen molar-refractivity contribution >= 4 is 36.3 Å². The lowest BCUT2D eigenvalue weighted by Crippen LogP contribution is -2.69. The Hall–Kier alpha value is -2.47. The molecule has 0 aromatic heterocycles. The minimum absolute atomic E-state index is 0.532. The van der Waals surface area contributed by atoms with Gasteiger partial charge in [-0.2, -0.15) is 0 Å². The van der Waals surface area contributed by atoms with Crippen molar-refractivity contribution in [3.8, 4) is 0 Å². The molecule has 0 fully saturated rings. The average molecular weight is 505 g/mol. The number of benzene rings is 2. The third-order valence-corrected chi connectivity index (χ3v) is 15.0. The smallest absolute Gasteiger partial charge is 0.293 e. The lowest BCUT2D eigenvalue weighted by atomic mass is 10.0. The Morgan fingerprint density at radius 2 is 1.81 bits per heavy atom. The predicted molar refractivity (Wildman–Crippen MR) is 151 cm³/mol. The van der Waals surface area contributed by atoms with Crippen LogP contribution in [-0.2, 0) is 22.4 Å². The zero-order valence-corrected chi connectivity index (χ0v) is 23.5. The van der Waals surface area contributed by atoms with Gasteiger partial charge in [0.15, 0.2) is 0 Å². The van der Waals surface area contributed by atoms with Gasteiger partial charge >= 0.3 is 0 Å². The number of carbonyl (C=O) groups is 1. The van der Waals surface area contributed by atoms with Crippen LogP contribution in [0.25, 0.3) is 0 Å². The third kappa shape index (κ3) is 4.31. The van der Waals surface area contributed by atoms with E-state index < -0.39 is 8.07 Å². The Labute approximate surface area is 216 Å². The Morgan fingerprint density at radius 1 is 1.00 bits per heavy atom. The molecule has 0 atom stereocenters. The number of rotatable bonds is 9. The molecule has 0 saturated carbocycles. The number of nitrogens with zero attached hydrogens (tertiary/aromatic N) is 2. The molecule has 0 amide bonds. The maximum absolute atomic E-state index is 10.4. The highest BCUT2D eigenvalue weighted by molar-refractivity contribution is 7.05. The fraction of sp³-hybridized carbons (Fsp3) is 0.567. The van der Waals surface area contributed by atoms with Crippen LogP contribution in [0.5, 0.6) is 0 Å². The molecule has 0 radical (unpaired) electrons. The fourth-order valence-electron chi connectivity index (χ4n) is 7.18. The molecular formula is C30H42N3O2Si+. The number of hydrogen-bond acceptors (Lipinski definition) is 4. The maximum Gasteiger partial charge on any atom is 0.293 e. The van der Waals surface area contributed by atoms with Gasteiger partial charge < -0.3 is 10.1 Å². The summed E-state index contributed by atoms with van der Waals surface area (Å²) in [6, 6.07) is 9.93. The van der Waals surface area contributed by atoms with E-state index >= 15 is 0 Å². The van der Waals surface area contributed by atoms with Crippen LogP contribution < -0.4 is 31.0 Å². The van der Waals surface area contributed by atoms with Crippen molar-refractivity contribution in [2.45, 2.75) is 83.7 Å². The first kappa shape index (κ1) is 25.2. The van der Waals surface area contributed by atoms with E-state index in [-0.39, 0.29) is 0 Å². The molecule has 5 nitrogen and oxygen atoms in total. The van der Waals surface area contributed by atoms with Gasteiger partial charge in [-0.1, -0.05) is 27.7 Å². The molecule has 2 aromatic rings. The third-order valence-electron chi connectivity index (χ3n) is 8.78. The molecule has 1 N–H and O–H groups in total. The van der Waals surface area contributed by atoms with Crippen LogP contribution in [0.2, 0.25) is 11.1 Å². The molecule has 0 aliphatic carbocycles. The molecule has 192 valence electrons. The van der Waals surface area contributed by atoms with E-state index in [1.165, 1.54) is 51.2 Å². The summed E-state index contributed by atoms with van der Waals surface area (Å²) >= 11 is 0. The SMILES string of the molecule is CC(C)[Si]1(C(C)C)c2cc3c(cc2N=c2cc4c(cc21)=[N+](CCCCCOC=O)CCC4)CCCN3. The standard InChI is InChI=1S/C30H41N3O2Si/c1-21(2)36(22(3)4)29-18-25-23(10-8-12-31-25)16-26(29)32-27-17-24-11-9-14-33(28(24)19-30(27)36)13-6-5-7-15-35-20-34/h16-22H,5-15H2,1-4H3/p+1. The molecule has 3 aliphatic rings. The number of hydrogen-bond donors (Lipinski definition) is 1. The van der Waals surface area contributed by atoms with Gasteiger partial charge in [0.05, 0.1) is 17.7 Å². The lowest BCUT2D eigenvalue weighted by Gasteiger charge is -2.43. The molecule has 2 aromatic carbocycles. The first-order valence-electron chi connectivity index (χ1n) is 14.1. The molecule has 0 bridgehead atoms. The fourth-order valence-corrected chi connectivity index (χ4v) is 13.2. The van der Waals surface area contributed by atoms with Gasteiger partial charge in [-0.05, 0) is 77.3 Å². The van der Waals surface area contributed by atoms with Crippen molar-refractivity contribution in [3.05, 3.63) is 46.1 Å². The van der Waals surface area contributed by atoms with Crippen molar-refractivity contribution in [3.63, 3.8) is 0 Å². The van der Waals surface area contributed by atoms with Crippen LogP contribution in [0.1, 0.15) is 70.9 Å². The van der Waals surface area contributed by atoms with E-state index in [0.29, 0.717) is 24.2 Å². The number of anilines is 1. The van der Waals surface area contributed by atoms with Crippen LogP contribution in [0.15, 0.2) is 29.3 Å². The first-order valence-corrected chi connectivity index (χ1v) is 16.2.